The number of unbranched alkanes of at least 4 members (excludes halogenated alkanes) is 10. The van der Waals surface area contributed by atoms with Crippen LogP contribution in [-0.2, 0) is 14.3 Å². The molecule has 0 aromatic heterocycles. The molecule has 34 heavy (non-hydrogen) atoms. The first-order valence-corrected chi connectivity index (χ1v) is 17.0. The largest absolute Gasteiger partial charge is 0.235 e. The normalized spacial score (nSPS) is 16.6. The molecular weight excluding hydrogens is 524 g/mol. The first-order valence-electron chi connectivity index (χ1n) is 13.4. The van der Waals surface area contributed by atoms with Gasteiger partial charge in [0.05, 0.1) is 4.90 Å². The first-order chi connectivity index (χ1) is 16.5. The number of hydrogen-bond donors (Lipinski definition) is 0. The molecule has 186 valence electrons. The summed E-state index contributed by atoms with van der Waals surface area (Å²) in [5, 5.41) is 0. The van der Waals surface area contributed by atoms with Crippen LogP contribution in [-0.4, -0.2) is 8.42 Å². The maximum atomic E-state index is 13.2. The van der Waals surface area contributed by atoms with Gasteiger partial charge in [0.25, 0.3) is 0 Å². The molecule has 0 atom stereocenters. The average molecular weight is 564 g/mol. The molecule has 5 heteroatoms. The Hall–Kier alpha value is -0.780. The van der Waals surface area contributed by atoms with E-state index < -0.39 is 8.87 Å². The molecule has 1 aliphatic carbocycles. The molecule has 0 radical (unpaired) electrons. The van der Waals surface area contributed by atoms with Gasteiger partial charge in [0.15, 0.2) is 0 Å². The highest BCUT2D eigenvalue weighted by atomic mass is 79.9. The van der Waals surface area contributed by atoms with Crippen LogP contribution >= 0.6 is 26.7 Å². The van der Waals surface area contributed by atoms with Crippen molar-refractivity contribution in [3.8, 4) is 11.1 Å². The van der Waals surface area contributed by atoms with Gasteiger partial charge in [0.1, 0.15) is 0 Å². The Morgan fingerprint density at radius 2 is 1.35 bits per heavy atom. The summed E-state index contributed by atoms with van der Waals surface area (Å²) >= 11 is 3.92. The van der Waals surface area contributed by atoms with Crippen LogP contribution in [0.25, 0.3) is 11.1 Å². The van der Waals surface area contributed by atoms with E-state index in [1.807, 2.05) is 18.2 Å². The monoisotopic (exact) mass is 562 g/mol. The fourth-order valence-electron chi connectivity index (χ4n) is 6.10. The second-order valence-electron chi connectivity index (χ2n) is 10.1. The van der Waals surface area contributed by atoms with E-state index >= 15 is 0 Å². The fraction of sp³-hybridized carbons (Fsp3) is 0.586. The molecule has 1 heterocycles. The molecule has 0 unspecified atom stereocenters. The molecule has 0 amide bonds. The van der Waals surface area contributed by atoms with Crippen molar-refractivity contribution in [2.75, 3.05) is 0 Å². The summed E-state index contributed by atoms with van der Waals surface area (Å²) in [5.41, 5.74) is 4.73. The smallest absolute Gasteiger partial charge is 0.212 e. The van der Waals surface area contributed by atoms with Gasteiger partial charge in [-0.3, -0.25) is 0 Å². The molecule has 2 aromatic carbocycles. The van der Waals surface area contributed by atoms with Gasteiger partial charge in [-0.15, -0.1) is 0 Å². The van der Waals surface area contributed by atoms with Crippen molar-refractivity contribution in [2.45, 2.75) is 119 Å². The van der Waals surface area contributed by atoms with Crippen molar-refractivity contribution in [3.63, 3.8) is 0 Å². The zero-order chi connectivity index (χ0) is 24.2. The molecular formula is C29H39BrO2S2. The zero-order valence-electron chi connectivity index (χ0n) is 20.8. The summed E-state index contributed by atoms with van der Waals surface area (Å²) < 4.78 is 27.5. The lowest BCUT2D eigenvalue weighted by Gasteiger charge is -2.33. The van der Waals surface area contributed by atoms with Crippen LogP contribution < -0.4 is 0 Å². The third-order valence-electron chi connectivity index (χ3n) is 7.77. The lowest BCUT2D eigenvalue weighted by molar-refractivity contribution is 0.396. The van der Waals surface area contributed by atoms with E-state index in [1.165, 1.54) is 93.7 Å². The molecule has 0 saturated carbocycles. The van der Waals surface area contributed by atoms with Gasteiger partial charge >= 0.3 is 0 Å². The van der Waals surface area contributed by atoms with Crippen molar-refractivity contribution in [2.24, 2.45) is 0 Å². The highest BCUT2D eigenvalue weighted by molar-refractivity contribution is 9.10. The third-order valence-corrected chi connectivity index (χ3v) is 11.8. The van der Waals surface area contributed by atoms with Gasteiger partial charge in [0.2, 0.25) is 8.87 Å². The van der Waals surface area contributed by atoms with Gasteiger partial charge in [0, 0.05) is 36.7 Å². The number of halogens is 1. The van der Waals surface area contributed by atoms with Crippen LogP contribution in [0.1, 0.15) is 115 Å². The molecule has 2 aliphatic rings. The minimum absolute atomic E-state index is 0.0918. The standard InChI is InChI=1S/C29H39BrO2S2/c1-3-5-7-9-11-13-20-29(21-14-12-10-8-6-4-2)22-16-15-17-25-26(22)27-24(33-34(25,31)32)19-18-23(30)28(27)29/h15-19H,3-14,20-21H2,1-2H3. The fourth-order valence-corrected chi connectivity index (χ4v) is 10.1. The molecule has 0 bridgehead atoms. The van der Waals surface area contributed by atoms with Crippen LogP contribution in [0.4, 0.5) is 0 Å². The van der Waals surface area contributed by atoms with E-state index in [-0.39, 0.29) is 5.41 Å². The summed E-state index contributed by atoms with van der Waals surface area (Å²) in [6, 6.07) is 10.1. The number of benzene rings is 2. The first kappa shape index (κ1) is 26.3. The van der Waals surface area contributed by atoms with Crippen LogP contribution in [0.3, 0.4) is 0 Å². The molecule has 4 rings (SSSR count). The molecule has 0 spiro atoms. The van der Waals surface area contributed by atoms with E-state index in [0.29, 0.717) is 4.90 Å². The third kappa shape index (κ3) is 5.04. The van der Waals surface area contributed by atoms with Crippen LogP contribution in [0, 0.1) is 0 Å². The van der Waals surface area contributed by atoms with E-state index in [4.69, 9.17) is 0 Å². The van der Waals surface area contributed by atoms with Crippen LogP contribution in [0.15, 0.2) is 44.6 Å². The maximum Gasteiger partial charge on any atom is 0.235 e. The summed E-state index contributed by atoms with van der Waals surface area (Å²) in [7, 11) is -2.34. The van der Waals surface area contributed by atoms with Crippen molar-refractivity contribution < 1.29 is 8.42 Å². The van der Waals surface area contributed by atoms with E-state index in [9.17, 15) is 8.42 Å². The highest BCUT2D eigenvalue weighted by Crippen LogP contribution is 2.63. The highest BCUT2D eigenvalue weighted by Gasteiger charge is 2.48. The van der Waals surface area contributed by atoms with Crippen molar-refractivity contribution >= 4 is 35.6 Å². The second-order valence-corrected chi connectivity index (χ2v) is 14.8. The number of hydrogen-bond acceptors (Lipinski definition) is 3. The molecule has 0 fully saturated rings. The molecule has 0 saturated heterocycles. The van der Waals surface area contributed by atoms with Crippen molar-refractivity contribution in [1.29, 1.82) is 0 Å². The maximum absolute atomic E-state index is 13.2. The van der Waals surface area contributed by atoms with Crippen molar-refractivity contribution in [1.82, 2.24) is 0 Å². The Kier molecular flexibility index (Phi) is 8.90. The lowest BCUT2D eigenvalue weighted by atomic mass is 9.70. The SMILES string of the molecule is CCCCCCCCC1(CCCCCCCC)c2cccc3c2-c2c(ccc(Br)c21)SS3(=O)=O. The van der Waals surface area contributed by atoms with Crippen LogP contribution in [0.2, 0.25) is 0 Å². The van der Waals surface area contributed by atoms with E-state index in [2.05, 4.69) is 41.9 Å². The van der Waals surface area contributed by atoms with E-state index in [0.717, 1.165) is 38.6 Å². The van der Waals surface area contributed by atoms with Gasteiger partial charge < -0.3 is 0 Å². The van der Waals surface area contributed by atoms with Gasteiger partial charge in [-0.05, 0) is 42.2 Å². The lowest BCUT2D eigenvalue weighted by Crippen LogP contribution is -2.26. The molecule has 1 aliphatic heterocycles. The predicted octanol–water partition coefficient (Wildman–Crippen LogP) is 10.0. The topological polar surface area (TPSA) is 34.1 Å². The van der Waals surface area contributed by atoms with Crippen LogP contribution in [0.5, 0.6) is 0 Å². The Labute approximate surface area is 219 Å². The minimum atomic E-state index is -3.38. The molecule has 2 aromatic rings. The van der Waals surface area contributed by atoms with E-state index in [1.54, 1.807) is 0 Å². The number of rotatable bonds is 14. The van der Waals surface area contributed by atoms with Crippen molar-refractivity contribution in [3.05, 3.63) is 45.9 Å². The summed E-state index contributed by atoms with van der Waals surface area (Å²) in [6.45, 7) is 4.53. The Morgan fingerprint density at radius 3 is 1.97 bits per heavy atom. The zero-order valence-corrected chi connectivity index (χ0v) is 24.0. The molecule has 2 nitrogen and oxygen atoms in total. The van der Waals surface area contributed by atoms with Gasteiger partial charge in [-0.2, -0.15) is 0 Å². The summed E-state index contributed by atoms with van der Waals surface area (Å²) in [5.74, 6) is 0. The van der Waals surface area contributed by atoms with Gasteiger partial charge in [-0.25, -0.2) is 8.42 Å². The Bertz CT molecular complexity index is 1090. The Balaban J connectivity index is 1.71. The quantitative estimate of drug-likeness (QED) is 0.169. The summed E-state index contributed by atoms with van der Waals surface area (Å²) in [4.78, 5) is 1.43. The second kappa shape index (κ2) is 11.5. The minimum Gasteiger partial charge on any atom is -0.212 e. The Morgan fingerprint density at radius 1 is 0.765 bits per heavy atom. The molecule has 0 N–H and O–H groups in total. The predicted molar refractivity (Wildman–Crippen MR) is 149 cm³/mol. The average Bonchev–Trinajstić information content (AvgIpc) is 3.11. The van der Waals surface area contributed by atoms with Gasteiger partial charge in [-0.1, -0.05) is 119 Å². The summed E-state index contributed by atoms with van der Waals surface area (Å²) in [6.07, 6.45) is 17.5.